The minimum atomic E-state index is -3.91. The van der Waals surface area contributed by atoms with E-state index in [0.29, 0.717) is 50.6 Å². The van der Waals surface area contributed by atoms with Gasteiger partial charge >= 0.3 is 20.2 Å². The molecule has 0 unspecified atom stereocenters. The Bertz CT molecular complexity index is 1860. The summed E-state index contributed by atoms with van der Waals surface area (Å²) in [7, 11) is -3.16. The van der Waals surface area contributed by atoms with Gasteiger partial charge in [-0.05, 0) is 72.0 Å². The summed E-state index contributed by atoms with van der Waals surface area (Å²) in [4.78, 5) is 0. The monoisotopic (exact) mass is 642 g/mol. The molecule has 0 aliphatic heterocycles. The van der Waals surface area contributed by atoms with E-state index in [0.717, 1.165) is 18.1 Å². The van der Waals surface area contributed by atoms with Crippen LogP contribution in [0.5, 0.6) is 34.5 Å². The third-order valence-corrected chi connectivity index (χ3v) is 7.50. The van der Waals surface area contributed by atoms with Crippen molar-refractivity contribution in [3.63, 3.8) is 0 Å². The molecule has 0 saturated heterocycles. The van der Waals surface area contributed by atoms with E-state index in [1.165, 1.54) is 27.4 Å². The van der Waals surface area contributed by atoms with E-state index in [-0.39, 0.29) is 23.9 Å². The summed E-state index contributed by atoms with van der Waals surface area (Å²) in [6.07, 6.45) is 1.95. The SMILES string of the molecule is COc1cc(-c2cc(C)c(OS(C)(=O)=O)c(C)c2)c(OC)c(OC)c1-c1ccc(OCc2ccccc2)c(OS(C)(=O)=O)c1. The zero-order valence-corrected chi connectivity index (χ0v) is 27.1. The van der Waals surface area contributed by atoms with Crippen LogP contribution in [0.25, 0.3) is 22.3 Å². The average molecular weight is 643 g/mol. The predicted molar refractivity (Wildman–Crippen MR) is 168 cm³/mol. The van der Waals surface area contributed by atoms with Crippen molar-refractivity contribution in [2.24, 2.45) is 0 Å². The van der Waals surface area contributed by atoms with Gasteiger partial charge in [-0.2, -0.15) is 16.8 Å². The largest absolute Gasteiger partial charge is 0.496 e. The van der Waals surface area contributed by atoms with Crippen LogP contribution in [-0.4, -0.2) is 50.7 Å². The van der Waals surface area contributed by atoms with Crippen LogP contribution in [-0.2, 0) is 26.8 Å². The van der Waals surface area contributed by atoms with Gasteiger partial charge in [-0.1, -0.05) is 36.4 Å². The van der Waals surface area contributed by atoms with E-state index >= 15 is 0 Å². The second kappa shape index (κ2) is 13.1. The van der Waals surface area contributed by atoms with E-state index in [9.17, 15) is 16.8 Å². The molecule has 0 spiro atoms. The van der Waals surface area contributed by atoms with Crippen molar-refractivity contribution in [3.05, 3.63) is 83.4 Å². The number of hydrogen-bond acceptors (Lipinski definition) is 10. The highest BCUT2D eigenvalue weighted by Crippen LogP contribution is 2.51. The Morgan fingerprint density at radius 1 is 0.591 bits per heavy atom. The molecule has 0 fully saturated rings. The third kappa shape index (κ3) is 7.56. The van der Waals surface area contributed by atoms with E-state index < -0.39 is 20.2 Å². The molecule has 0 N–H and O–H groups in total. The third-order valence-electron chi connectivity index (χ3n) is 6.54. The lowest BCUT2D eigenvalue weighted by molar-refractivity contribution is 0.296. The lowest BCUT2D eigenvalue weighted by atomic mass is 9.94. The van der Waals surface area contributed by atoms with Crippen LogP contribution in [0.4, 0.5) is 0 Å². The second-order valence-corrected chi connectivity index (χ2v) is 13.2. The summed E-state index contributed by atoms with van der Waals surface area (Å²) < 4.78 is 81.9. The molecule has 0 heterocycles. The number of aryl methyl sites for hydroxylation is 2. The van der Waals surface area contributed by atoms with Crippen molar-refractivity contribution in [3.8, 4) is 56.8 Å². The van der Waals surface area contributed by atoms with Gasteiger partial charge in [0, 0.05) is 5.56 Å². The minimum absolute atomic E-state index is 0.0132. The van der Waals surface area contributed by atoms with Gasteiger partial charge in [-0.3, -0.25) is 0 Å². The molecule has 10 nitrogen and oxygen atoms in total. The Morgan fingerprint density at radius 2 is 1.20 bits per heavy atom. The molecule has 12 heteroatoms. The quantitative estimate of drug-likeness (QED) is 0.172. The number of benzene rings is 4. The Hall–Kier alpha value is -4.42. The van der Waals surface area contributed by atoms with Crippen LogP contribution >= 0.6 is 0 Å². The Labute approximate surface area is 258 Å². The van der Waals surface area contributed by atoms with Gasteiger partial charge < -0.3 is 27.3 Å². The van der Waals surface area contributed by atoms with Gasteiger partial charge in [0.2, 0.25) is 0 Å². The molecule has 4 aromatic rings. The van der Waals surface area contributed by atoms with E-state index in [4.69, 9.17) is 27.3 Å². The molecule has 4 rings (SSSR count). The molecule has 0 amide bonds. The van der Waals surface area contributed by atoms with Gasteiger partial charge in [0.25, 0.3) is 0 Å². The fraction of sp³-hybridized carbons (Fsp3) is 0.250. The van der Waals surface area contributed by atoms with Crippen LogP contribution in [0.2, 0.25) is 0 Å². The summed E-state index contributed by atoms with van der Waals surface area (Å²) in [6.45, 7) is 3.69. The predicted octanol–water partition coefficient (Wildman–Crippen LogP) is 5.92. The molecule has 0 atom stereocenters. The molecule has 234 valence electrons. The smallest absolute Gasteiger partial charge is 0.306 e. The summed E-state index contributed by atoms with van der Waals surface area (Å²) >= 11 is 0. The van der Waals surface area contributed by atoms with Crippen LogP contribution in [0.3, 0.4) is 0 Å². The van der Waals surface area contributed by atoms with Crippen LogP contribution in [0, 0.1) is 13.8 Å². The van der Waals surface area contributed by atoms with Gasteiger partial charge in [0.1, 0.15) is 18.1 Å². The Morgan fingerprint density at radius 3 is 1.75 bits per heavy atom. The maximum atomic E-state index is 12.2. The maximum absolute atomic E-state index is 12.2. The van der Waals surface area contributed by atoms with E-state index in [2.05, 4.69) is 0 Å². The molecule has 0 saturated carbocycles. The lowest BCUT2D eigenvalue weighted by Gasteiger charge is -2.21. The summed E-state index contributed by atoms with van der Waals surface area (Å²) in [5.74, 6) is 1.55. The number of rotatable bonds is 12. The van der Waals surface area contributed by atoms with Crippen molar-refractivity contribution < 1.29 is 44.1 Å². The summed E-state index contributed by atoms with van der Waals surface area (Å²) in [5, 5.41) is 0. The normalized spacial score (nSPS) is 11.5. The Kier molecular flexibility index (Phi) is 9.65. The fourth-order valence-electron chi connectivity index (χ4n) is 4.80. The van der Waals surface area contributed by atoms with Crippen LogP contribution in [0.1, 0.15) is 16.7 Å². The zero-order valence-electron chi connectivity index (χ0n) is 25.5. The summed E-state index contributed by atoms with van der Waals surface area (Å²) in [6, 6.07) is 19.6. The van der Waals surface area contributed by atoms with Gasteiger partial charge in [-0.25, -0.2) is 0 Å². The molecular formula is C32H34O10S2. The molecule has 4 aromatic carbocycles. The molecule has 0 aliphatic rings. The second-order valence-electron chi connectivity index (χ2n) is 10.0. The minimum Gasteiger partial charge on any atom is -0.496 e. The first kappa shape index (κ1) is 32.5. The molecule has 0 bridgehead atoms. The first-order valence-corrected chi connectivity index (χ1v) is 16.9. The number of hydrogen-bond donors (Lipinski definition) is 0. The standard InChI is InChI=1S/C32H34O10S2/c1-20-15-24(16-21(2)30(20)42-44(7,35)36)25-18-28(37-3)29(32(39-5)31(25)38-4)23-13-14-26(27(17-23)41-43(6,33)34)40-19-22-11-9-8-10-12-22/h8-18H,19H2,1-7H3. The van der Waals surface area contributed by atoms with E-state index in [1.807, 2.05) is 30.3 Å². The highest BCUT2D eigenvalue weighted by molar-refractivity contribution is 7.86. The zero-order chi connectivity index (χ0) is 32.2. The maximum Gasteiger partial charge on any atom is 0.306 e. The van der Waals surface area contributed by atoms with Crippen molar-refractivity contribution in [2.75, 3.05) is 33.8 Å². The molecule has 0 radical (unpaired) electrons. The average Bonchev–Trinajstić information content (AvgIpc) is 2.96. The van der Waals surface area contributed by atoms with Crippen LogP contribution < -0.4 is 27.3 Å². The van der Waals surface area contributed by atoms with Gasteiger partial charge in [0.05, 0.1) is 39.4 Å². The van der Waals surface area contributed by atoms with E-state index in [1.54, 1.807) is 44.2 Å². The first-order valence-electron chi connectivity index (χ1n) is 13.3. The van der Waals surface area contributed by atoms with Gasteiger partial charge in [0.15, 0.2) is 23.0 Å². The number of methoxy groups -OCH3 is 3. The van der Waals surface area contributed by atoms with Gasteiger partial charge in [-0.15, -0.1) is 0 Å². The topological polar surface area (TPSA) is 124 Å². The molecule has 0 aromatic heterocycles. The molecule has 0 aliphatic carbocycles. The molecule has 44 heavy (non-hydrogen) atoms. The highest BCUT2D eigenvalue weighted by atomic mass is 32.2. The fourth-order valence-corrected chi connectivity index (χ4v) is 5.82. The molecular weight excluding hydrogens is 608 g/mol. The van der Waals surface area contributed by atoms with Crippen molar-refractivity contribution in [2.45, 2.75) is 20.5 Å². The summed E-state index contributed by atoms with van der Waals surface area (Å²) in [5.41, 5.74) is 4.40. The first-order chi connectivity index (χ1) is 20.7. The lowest BCUT2D eigenvalue weighted by Crippen LogP contribution is -2.08. The highest BCUT2D eigenvalue weighted by Gasteiger charge is 2.25. The van der Waals surface area contributed by atoms with Crippen LogP contribution in [0.15, 0.2) is 66.7 Å². The van der Waals surface area contributed by atoms with Crippen molar-refractivity contribution >= 4 is 20.2 Å². The van der Waals surface area contributed by atoms with Crippen molar-refractivity contribution in [1.29, 1.82) is 0 Å². The number of ether oxygens (including phenoxy) is 4. The van der Waals surface area contributed by atoms with Crippen molar-refractivity contribution in [1.82, 2.24) is 0 Å². The Balaban J connectivity index is 1.87.